The van der Waals surface area contributed by atoms with E-state index < -0.39 is 28.8 Å². The number of nitrogens with two attached hydrogens (primary N) is 1. The molecule has 3 aromatic carbocycles. The number of ketones is 1. The molecule has 198 valence electrons. The second kappa shape index (κ2) is 8.39. The summed E-state index contributed by atoms with van der Waals surface area (Å²) in [7, 11) is 0. The Morgan fingerprint density at radius 1 is 1.13 bits per heavy atom. The van der Waals surface area contributed by atoms with Crippen LogP contribution in [-0.4, -0.2) is 22.0 Å². The molecule has 4 N–H and O–H groups in total. The number of amides is 1. The van der Waals surface area contributed by atoms with Crippen molar-refractivity contribution in [3.8, 4) is 17.0 Å². The maximum atomic E-state index is 14.8. The van der Waals surface area contributed by atoms with Crippen LogP contribution in [0.2, 0.25) is 5.02 Å². The van der Waals surface area contributed by atoms with Gasteiger partial charge >= 0.3 is 0 Å². The topological polar surface area (TPSA) is 128 Å². The summed E-state index contributed by atoms with van der Waals surface area (Å²) in [5.41, 5.74) is 5.07. The lowest BCUT2D eigenvalue weighted by molar-refractivity contribution is -0.169. The largest absolute Gasteiger partial charge is 0.454 e. The average molecular weight is 548 g/mol. The predicted molar refractivity (Wildman–Crippen MR) is 141 cm³/mol. The van der Waals surface area contributed by atoms with Gasteiger partial charge in [-0.1, -0.05) is 60.9 Å². The van der Waals surface area contributed by atoms with Gasteiger partial charge in [-0.2, -0.15) is 0 Å². The van der Waals surface area contributed by atoms with E-state index in [1.54, 1.807) is 24.3 Å². The number of ether oxygens (including phenoxy) is 1. The van der Waals surface area contributed by atoms with Gasteiger partial charge in [-0.25, -0.2) is 4.39 Å². The van der Waals surface area contributed by atoms with Gasteiger partial charge in [0.25, 0.3) is 11.7 Å². The zero-order valence-electron chi connectivity index (χ0n) is 21.1. The highest BCUT2D eigenvalue weighted by molar-refractivity contribution is 6.33. The molecule has 1 amide bonds. The molecule has 2 heterocycles. The molecule has 2 atom stereocenters. The lowest BCUT2D eigenvalue weighted by Gasteiger charge is -2.34. The molecule has 0 bridgehead atoms. The van der Waals surface area contributed by atoms with E-state index >= 15 is 0 Å². The van der Waals surface area contributed by atoms with E-state index in [1.807, 2.05) is 13.8 Å². The van der Waals surface area contributed by atoms with Crippen LogP contribution >= 0.6 is 11.6 Å². The number of carbonyl (C=O) groups is 2. The van der Waals surface area contributed by atoms with Crippen molar-refractivity contribution in [1.82, 2.24) is 10.5 Å². The number of nitrogens with one attached hydrogen (secondary N) is 1. The smallest absolute Gasteiger partial charge is 0.271 e. The third kappa shape index (κ3) is 3.23. The first-order valence-corrected chi connectivity index (χ1v) is 12.6. The van der Waals surface area contributed by atoms with E-state index in [-0.39, 0.29) is 61.6 Å². The normalized spacial score (nSPS) is 20.9. The van der Waals surface area contributed by atoms with Gasteiger partial charge in [0.2, 0.25) is 11.3 Å². The number of benzene rings is 3. The van der Waals surface area contributed by atoms with Crippen LogP contribution in [0.25, 0.3) is 11.3 Å². The number of anilines is 1. The molecule has 10 heteroatoms. The van der Waals surface area contributed by atoms with Gasteiger partial charge in [0.15, 0.2) is 0 Å². The zero-order chi connectivity index (χ0) is 27.9. The lowest BCUT2D eigenvalue weighted by atomic mass is 9.82. The molecule has 0 radical (unpaired) electrons. The highest BCUT2D eigenvalue weighted by Crippen LogP contribution is 2.59. The molecule has 6 rings (SSSR count). The standard InChI is InChI=1S/C29H23ClFN3O5/c1-13(2)15-10-11-16-21(12-15)38-29(37)17-6-4-9-20(32)23(17)26(35)28(16,29)33-27(36)22-14(3)39-34-25(22)24-18(30)7-5-8-19(24)31/h4-13,37H,32H2,1-3H3,(H,33,36). The molecule has 1 aromatic heterocycles. The van der Waals surface area contributed by atoms with Gasteiger partial charge in [0.05, 0.1) is 16.1 Å². The fourth-order valence-corrected chi connectivity index (χ4v) is 5.77. The molecule has 39 heavy (non-hydrogen) atoms. The number of nitrogen functional groups attached to an aromatic ring is 1. The molecule has 4 aromatic rings. The number of carbonyl (C=O) groups excluding carboxylic acids is 2. The van der Waals surface area contributed by atoms with Crippen LogP contribution in [0, 0.1) is 12.7 Å². The lowest BCUT2D eigenvalue weighted by Crippen LogP contribution is -2.60. The van der Waals surface area contributed by atoms with Gasteiger partial charge in [-0.3, -0.25) is 9.59 Å². The Balaban J connectivity index is 1.56. The predicted octanol–water partition coefficient (Wildman–Crippen LogP) is 5.21. The van der Waals surface area contributed by atoms with E-state index in [9.17, 15) is 19.1 Å². The Bertz CT molecular complexity index is 1700. The Kier molecular flexibility index (Phi) is 5.40. The Labute approximate surface area is 227 Å². The van der Waals surface area contributed by atoms with Crippen molar-refractivity contribution in [3.05, 3.63) is 99.0 Å². The van der Waals surface area contributed by atoms with E-state index in [0.717, 1.165) is 5.56 Å². The number of Topliss-reactive ketones (excluding diaryl/α,β-unsaturated/α-hetero) is 1. The SMILES string of the molecule is Cc1onc(-c2c(F)cccc2Cl)c1C(=O)NC12C(=O)c3c(N)cccc3C1(O)Oc1cc(C(C)C)ccc12. The number of nitrogens with zero attached hydrogens (tertiary/aromatic N) is 1. The summed E-state index contributed by atoms with van der Waals surface area (Å²) in [5, 5.41) is 18.8. The van der Waals surface area contributed by atoms with Crippen LogP contribution in [0.1, 0.15) is 62.9 Å². The molecule has 0 fully saturated rings. The molecule has 2 unspecified atom stereocenters. The molecule has 0 spiro atoms. The molecular weight excluding hydrogens is 525 g/mol. The van der Waals surface area contributed by atoms with E-state index in [2.05, 4.69) is 10.5 Å². The summed E-state index contributed by atoms with van der Waals surface area (Å²) >= 11 is 6.26. The number of halogens is 2. The first-order chi connectivity index (χ1) is 18.5. The number of aryl methyl sites for hydroxylation is 1. The van der Waals surface area contributed by atoms with Crippen LogP contribution in [0.5, 0.6) is 5.75 Å². The third-order valence-corrected chi connectivity index (χ3v) is 7.78. The van der Waals surface area contributed by atoms with Crippen molar-refractivity contribution in [3.63, 3.8) is 0 Å². The number of hydrogen-bond acceptors (Lipinski definition) is 7. The van der Waals surface area contributed by atoms with Gasteiger partial charge in [-0.15, -0.1) is 0 Å². The first kappa shape index (κ1) is 25.1. The second-order valence-corrected chi connectivity index (χ2v) is 10.4. The quantitative estimate of drug-likeness (QED) is 0.299. The molecule has 1 aliphatic heterocycles. The van der Waals surface area contributed by atoms with Crippen molar-refractivity contribution in [2.45, 2.75) is 38.0 Å². The molecule has 2 aliphatic rings. The second-order valence-electron chi connectivity index (χ2n) is 10.0. The molecule has 0 saturated heterocycles. The van der Waals surface area contributed by atoms with Crippen molar-refractivity contribution in [2.75, 3.05) is 5.73 Å². The summed E-state index contributed by atoms with van der Waals surface area (Å²) in [6, 6.07) is 13.9. The van der Waals surface area contributed by atoms with Crippen LogP contribution in [-0.2, 0) is 11.3 Å². The minimum Gasteiger partial charge on any atom is -0.454 e. The maximum absolute atomic E-state index is 14.8. The first-order valence-electron chi connectivity index (χ1n) is 12.2. The Morgan fingerprint density at radius 2 is 1.87 bits per heavy atom. The minimum atomic E-state index is -2.32. The summed E-state index contributed by atoms with van der Waals surface area (Å²) < 4.78 is 26.2. The van der Waals surface area contributed by atoms with Crippen LogP contribution in [0.4, 0.5) is 10.1 Å². The van der Waals surface area contributed by atoms with Crippen LogP contribution in [0.15, 0.2) is 59.1 Å². The highest BCUT2D eigenvalue weighted by Gasteiger charge is 2.72. The Morgan fingerprint density at radius 3 is 2.59 bits per heavy atom. The van der Waals surface area contributed by atoms with Crippen molar-refractivity contribution < 1.29 is 28.3 Å². The fourth-order valence-electron chi connectivity index (χ4n) is 5.51. The number of rotatable bonds is 4. The summed E-state index contributed by atoms with van der Waals surface area (Å²) in [4.78, 5) is 28.2. The van der Waals surface area contributed by atoms with Crippen molar-refractivity contribution in [2.24, 2.45) is 0 Å². The summed E-state index contributed by atoms with van der Waals surface area (Å²) in [5.74, 6) is -4.11. The maximum Gasteiger partial charge on any atom is 0.271 e. The van der Waals surface area contributed by atoms with Crippen molar-refractivity contribution in [1.29, 1.82) is 0 Å². The molecule has 0 saturated carbocycles. The fraction of sp³-hybridized carbons (Fsp3) is 0.207. The number of hydrogen-bond donors (Lipinski definition) is 3. The van der Waals surface area contributed by atoms with Crippen molar-refractivity contribution >= 4 is 29.0 Å². The van der Waals surface area contributed by atoms with Gasteiger partial charge in [0.1, 0.15) is 28.6 Å². The van der Waals surface area contributed by atoms with E-state index in [4.69, 9.17) is 26.6 Å². The molecular formula is C29H23ClFN3O5. The molecule has 1 aliphatic carbocycles. The van der Waals surface area contributed by atoms with Gasteiger partial charge in [0, 0.05) is 16.8 Å². The number of fused-ring (bicyclic) bond motifs is 5. The minimum absolute atomic E-state index is 0.0138. The number of aromatic nitrogens is 1. The van der Waals surface area contributed by atoms with Gasteiger partial charge < -0.3 is 25.4 Å². The van der Waals surface area contributed by atoms with E-state index in [0.29, 0.717) is 0 Å². The average Bonchev–Trinajstić information content (AvgIpc) is 3.44. The number of aliphatic hydroxyl groups is 1. The highest BCUT2D eigenvalue weighted by atomic mass is 35.5. The van der Waals surface area contributed by atoms with Crippen LogP contribution < -0.4 is 15.8 Å². The monoisotopic (exact) mass is 547 g/mol. The molecule has 8 nitrogen and oxygen atoms in total. The third-order valence-electron chi connectivity index (χ3n) is 7.46. The zero-order valence-corrected chi connectivity index (χ0v) is 21.9. The Hall–Kier alpha value is -4.21. The van der Waals surface area contributed by atoms with E-state index in [1.165, 1.54) is 37.3 Å². The summed E-state index contributed by atoms with van der Waals surface area (Å²) in [6.07, 6.45) is 0. The van der Waals surface area contributed by atoms with Crippen LogP contribution in [0.3, 0.4) is 0 Å². The van der Waals surface area contributed by atoms with Gasteiger partial charge in [-0.05, 0) is 42.7 Å². The summed E-state index contributed by atoms with van der Waals surface area (Å²) in [6.45, 7) is 5.46.